The van der Waals surface area contributed by atoms with Crippen LogP contribution in [0.25, 0.3) is 0 Å². The molecule has 1 aliphatic carbocycles. The van der Waals surface area contributed by atoms with Gasteiger partial charge in [0.05, 0.1) is 4.90 Å². The van der Waals surface area contributed by atoms with E-state index >= 15 is 0 Å². The summed E-state index contributed by atoms with van der Waals surface area (Å²) >= 11 is 0. The highest BCUT2D eigenvalue weighted by Crippen LogP contribution is 2.21. The molecular weight excluding hydrogens is 296 g/mol. The van der Waals surface area contributed by atoms with E-state index in [-0.39, 0.29) is 0 Å². The van der Waals surface area contributed by atoms with Gasteiger partial charge in [0, 0.05) is 32.7 Å². The van der Waals surface area contributed by atoms with Gasteiger partial charge in [-0.3, -0.25) is 0 Å². The van der Waals surface area contributed by atoms with E-state index < -0.39 is 10.0 Å². The standard InChI is InChI=1S/C17H24N2O2S/c20-22(21,17-9-5-2-6-10-17)19-13-11-18(12-14-19)15-16-7-3-1-4-8-16/h1-3,5-6,9-10,16H,4,7-8,11-15H2/t16-/m0/s1. The normalized spacial score (nSPS) is 24.5. The molecule has 0 saturated carbocycles. The summed E-state index contributed by atoms with van der Waals surface area (Å²) in [7, 11) is -3.32. The van der Waals surface area contributed by atoms with Crippen molar-refractivity contribution in [2.24, 2.45) is 5.92 Å². The summed E-state index contributed by atoms with van der Waals surface area (Å²) in [4.78, 5) is 2.82. The van der Waals surface area contributed by atoms with E-state index in [1.807, 2.05) is 6.07 Å². The molecule has 0 amide bonds. The maximum absolute atomic E-state index is 12.6. The van der Waals surface area contributed by atoms with Crippen LogP contribution in [0.2, 0.25) is 0 Å². The minimum absolute atomic E-state index is 0.404. The molecule has 5 heteroatoms. The van der Waals surface area contributed by atoms with Crippen molar-refractivity contribution in [1.82, 2.24) is 9.21 Å². The minimum Gasteiger partial charge on any atom is -0.300 e. The lowest BCUT2D eigenvalue weighted by molar-refractivity contribution is 0.161. The van der Waals surface area contributed by atoms with E-state index in [1.54, 1.807) is 28.6 Å². The van der Waals surface area contributed by atoms with Gasteiger partial charge < -0.3 is 4.90 Å². The molecule has 1 aromatic carbocycles. The molecule has 4 nitrogen and oxygen atoms in total. The summed E-state index contributed by atoms with van der Waals surface area (Å²) in [6.07, 6.45) is 8.17. The lowest BCUT2D eigenvalue weighted by atomic mass is 9.94. The predicted molar refractivity (Wildman–Crippen MR) is 88.1 cm³/mol. The number of allylic oxidation sites excluding steroid dienone is 2. The fourth-order valence-corrected chi connectivity index (χ4v) is 4.72. The van der Waals surface area contributed by atoms with E-state index in [4.69, 9.17) is 0 Å². The average molecular weight is 320 g/mol. The van der Waals surface area contributed by atoms with Crippen LogP contribution in [0.15, 0.2) is 47.4 Å². The van der Waals surface area contributed by atoms with Crippen molar-refractivity contribution in [2.75, 3.05) is 32.7 Å². The van der Waals surface area contributed by atoms with E-state index in [2.05, 4.69) is 17.1 Å². The maximum Gasteiger partial charge on any atom is 0.243 e. The van der Waals surface area contributed by atoms with E-state index in [0.717, 1.165) is 25.6 Å². The topological polar surface area (TPSA) is 40.6 Å². The number of sulfonamides is 1. The lowest BCUT2D eigenvalue weighted by Crippen LogP contribution is -2.49. The van der Waals surface area contributed by atoms with Crippen LogP contribution in [0.4, 0.5) is 0 Å². The van der Waals surface area contributed by atoms with Gasteiger partial charge in [0.1, 0.15) is 0 Å². The molecule has 1 heterocycles. The summed E-state index contributed by atoms with van der Waals surface area (Å²) < 4.78 is 26.8. The van der Waals surface area contributed by atoms with Gasteiger partial charge in [0.25, 0.3) is 0 Å². The Morgan fingerprint density at radius 2 is 1.73 bits per heavy atom. The largest absolute Gasteiger partial charge is 0.300 e. The molecule has 22 heavy (non-hydrogen) atoms. The molecule has 0 aromatic heterocycles. The third-order valence-corrected chi connectivity index (χ3v) is 6.52. The molecule has 0 unspecified atom stereocenters. The van der Waals surface area contributed by atoms with Gasteiger partial charge in [-0.25, -0.2) is 8.42 Å². The van der Waals surface area contributed by atoms with Gasteiger partial charge in [-0.05, 0) is 37.3 Å². The summed E-state index contributed by atoms with van der Waals surface area (Å²) in [5, 5.41) is 0. The van der Waals surface area contributed by atoms with E-state index in [1.165, 1.54) is 19.3 Å². The highest BCUT2D eigenvalue weighted by molar-refractivity contribution is 7.89. The molecule has 1 atom stereocenters. The molecule has 1 saturated heterocycles. The summed E-state index contributed by atoms with van der Waals surface area (Å²) in [5.74, 6) is 0.738. The first-order chi connectivity index (χ1) is 10.7. The molecule has 120 valence electrons. The smallest absolute Gasteiger partial charge is 0.243 e. The molecular formula is C17H24N2O2S. The number of rotatable bonds is 4. The van der Waals surface area contributed by atoms with Gasteiger partial charge >= 0.3 is 0 Å². The van der Waals surface area contributed by atoms with E-state index in [9.17, 15) is 8.42 Å². The third kappa shape index (κ3) is 3.59. The number of hydrogen-bond acceptors (Lipinski definition) is 3. The number of piperazine rings is 1. The minimum atomic E-state index is -3.32. The molecule has 0 radical (unpaired) electrons. The Kier molecular flexibility index (Phi) is 4.96. The van der Waals surface area contributed by atoms with Crippen molar-refractivity contribution < 1.29 is 8.42 Å². The fourth-order valence-electron chi connectivity index (χ4n) is 3.28. The van der Waals surface area contributed by atoms with E-state index in [0.29, 0.717) is 18.0 Å². The van der Waals surface area contributed by atoms with Crippen LogP contribution >= 0.6 is 0 Å². The Morgan fingerprint density at radius 1 is 1.00 bits per heavy atom. The Labute approximate surface area is 133 Å². The first kappa shape index (κ1) is 15.7. The zero-order chi connectivity index (χ0) is 15.4. The van der Waals surface area contributed by atoms with Crippen LogP contribution < -0.4 is 0 Å². The van der Waals surface area contributed by atoms with Crippen LogP contribution in [0.1, 0.15) is 19.3 Å². The second-order valence-corrected chi connectivity index (χ2v) is 8.11. The fraction of sp³-hybridized carbons (Fsp3) is 0.529. The summed E-state index contributed by atoms with van der Waals surface area (Å²) in [5.41, 5.74) is 0. The van der Waals surface area contributed by atoms with Crippen molar-refractivity contribution in [2.45, 2.75) is 24.2 Å². The number of nitrogens with zero attached hydrogens (tertiary/aromatic N) is 2. The zero-order valence-electron chi connectivity index (χ0n) is 12.9. The Morgan fingerprint density at radius 3 is 2.36 bits per heavy atom. The summed E-state index contributed by atoms with van der Waals surface area (Å²) in [6, 6.07) is 8.75. The van der Waals surface area contributed by atoms with Crippen molar-refractivity contribution in [3.8, 4) is 0 Å². The summed E-state index contributed by atoms with van der Waals surface area (Å²) in [6.45, 7) is 3.97. The van der Waals surface area contributed by atoms with Gasteiger partial charge in [0.15, 0.2) is 0 Å². The van der Waals surface area contributed by atoms with Crippen LogP contribution in [0.5, 0.6) is 0 Å². The molecule has 0 bridgehead atoms. The first-order valence-corrected chi connectivity index (χ1v) is 9.53. The van der Waals surface area contributed by atoms with Gasteiger partial charge in [0.2, 0.25) is 10.0 Å². The Bertz CT molecular complexity index is 605. The Hall–Kier alpha value is -1.17. The highest BCUT2D eigenvalue weighted by Gasteiger charge is 2.28. The second kappa shape index (κ2) is 6.94. The van der Waals surface area contributed by atoms with Gasteiger partial charge in [-0.2, -0.15) is 4.31 Å². The molecule has 2 aliphatic rings. The second-order valence-electron chi connectivity index (χ2n) is 6.17. The quantitative estimate of drug-likeness (QED) is 0.800. The van der Waals surface area contributed by atoms with Crippen LogP contribution in [-0.4, -0.2) is 50.3 Å². The maximum atomic E-state index is 12.6. The van der Waals surface area contributed by atoms with Crippen LogP contribution in [0.3, 0.4) is 0 Å². The van der Waals surface area contributed by atoms with Crippen LogP contribution in [0, 0.1) is 5.92 Å². The van der Waals surface area contributed by atoms with Crippen molar-refractivity contribution in [1.29, 1.82) is 0 Å². The van der Waals surface area contributed by atoms with Crippen molar-refractivity contribution >= 4 is 10.0 Å². The first-order valence-electron chi connectivity index (χ1n) is 8.09. The Balaban J connectivity index is 1.56. The zero-order valence-corrected chi connectivity index (χ0v) is 13.7. The van der Waals surface area contributed by atoms with Gasteiger partial charge in [-0.1, -0.05) is 30.4 Å². The number of benzene rings is 1. The molecule has 0 spiro atoms. The SMILES string of the molecule is O=S(=O)(c1ccccc1)N1CCN(C[C@H]2CC=CCC2)CC1. The number of hydrogen-bond donors (Lipinski definition) is 0. The molecule has 1 aromatic rings. The van der Waals surface area contributed by atoms with Crippen molar-refractivity contribution in [3.63, 3.8) is 0 Å². The van der Waals surface area contributed by atoms with Crippen molar-refractivity contribution in [3.05, 3.63) is 42.5 Å². The van der Waals surface area contributed by atoms with Crippen LogP contribution in [-0.2, 0) is 10.0 Å². The lowest BCUT2D eigenvalue weighted by Gasteiger charge is -2.36. The molecule has 1 aliphatic heterocycles. The molecule has 3 rings (SSSR count). The molecule has 0 N–H and O–H groups in total. The molecule has 1 fully saturated rings. The van der Waals surface area contributed by atoms with Gasteiger partial charge in [-0.15, -0.1) is 0 Å². The predicted octanol–water partition coefficient (Wildman–Crippen LogP) is 2.35. The monoisotopic (exact) mass is 320 g/mol. The average Bonchev–Trinajstić information content (AvgIpc) is 2.57. The highest BCUT2D eigenvalue weighted by atomic mass is 32.2. The third-order valence-electron chi connectivity index (χ3n) is 4.61.